The second kappa shape index (κ2) is 8.81. The number of halogens is 1. The predicted octanol–water partition coefficient (Wildman–Crippen LogP) is 5.71. The molecule has 2 amide bonds. The summed E-state index contributed by atoms with van der Waals surface area (Å²) in [6.45, 7) is 0. The molecule has 2 aromatic heterocycles. The molecule has 2 aromatic carbocycles. The molecule has 0 bridgehead atoms. The fourth-order valence-corrected chi connectivity index (χ4v) is 3.01. The van der Waals surface area contributed by atoms with E-state index in [4.69, 9.17) is 25.2 Å². The number of anilines is 2. The van der Waals surface area contributed by atoms with Gasteiger partial charge in [-0.3, -0.25) is 9.59 Å². The summed E-state index contributed by atoms with van der Waals surface area (Å²) in [6, 6.07) is 18.5. The fourth-order valence-electron chi connectivity index (χ4n) is 2.89. The molecule has 156 valence electrons. The average Bonchev–Trinajstić information content (AvgIpc) is 3.48. The lowest BCUT2D eigenvalue weighted by Crippen LogP contribution is -2.13. The maximum absolute atomic E-state index is 12.6. The zero-order valence-corrected chi connectivity index (χ0v) is 17.1. The number of ether oxygens (including phenoxy) is 1. The molecule has 0 saturated carbocycles. The van der Waals surface area contributed by atoms with Gasteiger partial charge >= 0.3 is 0 Å². The van der Waals surface area contributed by atoms with Crippen LogP contribution in [0.25, 0.3) is 11.3 Å². The molecule has 4 rings (SSSR count). The highest BCUT2D eigenvalue weighted by Crippen LogP contribution is 2.29. The van der Waals surface area contributed by atoms with Gasteiger partial charge in [-0.1, -0.05) is 11.6 Å². The van der Waals surface area contributed by atoms with E-state index in [2.05, 4.69) is 10.6 Å². The highest BCUT2D eigenvalue weighted by Gasteiger charge is 2.16. The summed E-state index contributed by atoms with van der Waals surface area (Å²) in [4.78, 5) is 24.8. The summed E-state index contributed by atoms with van der Waals surface area (Å²) in [5.74, 6) is 0.419. The van der Waals surface area contributed by atoms with E-state index in [-0.39, 0.29) is 11.5 Å². The SMILES string of the molecule is COc1cc(NC(=O)c2ccc(-c3ccc(Cl)cc3)o2)ccc1NC(=O)c1ccco1. The Morgan fingerprint density at radius 3 is 2.39 bits per heavy atom. The van der Waals surface area contributed by atoms with Gasteiger partial charge in [0, 0.05) is 22.3 Å². The summed E-state index contributed by atoms with van der Waals surface area (Å²) in [5.41, 5.74) is 1.72. The summed E-state index contributed by atoms with van der Waals surface area (Å²) in [5, 5.41) is 6.07. The van der Waals surface area contributed by atoms with Gasteiger partial charge in [0.15, 0.2) is 11.5 Å². The number of carbonyl (C=O) groups excluding carboxylic acids is 2. The van der Waals surface area contributed by atoms with Crippen LogP contribution in [-0.4, -0.2) is 18.9 Å². The van der Waals surface area contributed by atoms with Gasteiger partial charge in [0.25, 0.3) is 11.8 Å². The number of hydrogen-bond donors (Lipinski definition) is 2. The van der Waals surface area contributed by atoms with Crippen molar-refractivity contribution in [1.82, 2.24) is 0 Å². The van der Waals surface area contributed by atoms with E-state index >= 15 is 0 Å². The monoisotopic (exact) mass is 436 g/mol. The zero-order valence-electron chi connectivity index (χ0n) is 16.3. The van der Waals surface area contributed by atoms with Crippen molar-refractivity contribution in [2.45, 2.75) is 0 Å². The van der Waals surface area contributed by atoms with Gasteiger partial charge in [-0.05, 0) is 60.7 Å². The van der Waals surface area contributed by atoms with Crippen molar-refractivity contribution >= 4 is 34.8 Å². The first-order chi connectivity index (χ1) is 15.0. The number of rotatable bonds is 6. The Bertz CT molecular complexity index is 1210. The molecule has 0 spiro atoms. The van der Waals surface area contributed by atoms with Crippen molar-refractivity contribution < 1.29 is 23.2 Å². The molecular formula is C23H17ClN2O5. The molecule has 0 aliphatic rings. The minimum Gasteiger partial charge on any atom is -0.494 e. The summed E-state index contributed by atoms with van der Waals surface area (Å²) >= 11 is 5.90. The van der Waals surface area contributed by atoms with Gasteiger partial charge in [0.05, 0.1) is 19.1 Å². The number of carbonyl (C=O) groups is 2. The van der Waals surface area contributed by atoms with Gasteiger partial charge < -0.3 is 24.2 Å². The highest BCUT2D eigenvalue weighted by atomic mass is 35.5. The lowest BCUT2D eigenvalue weighted by molar-refractivity contribution is 0.0989. The fraction of sp³-hybridized carbons (Fsp3) is 0.0435. The second-order valence-electron chi connectivity index (χ2n) is 6.47. The van der Waals surface area contributed by atoms with Crippen LogP contribution < -0.4 is 15.4 Å². The van der Waals surface area contributed by atoms with Crippen molar-refractivity contribution in [1.29, 1.82) is 0 Å². The molecule has 0 radical (unpaired) electrons. The van der Waals surface area contributed by atoms with Crippen LogP contribution in [0.4, 0.5) is 11.4 Å². The minimum atomic E-state index is -0.422. The molecule has 7 nitrogen and oxygen atoms in total. The number of furan rings is 2. The molecule has 2 N–H and O–H groups in total. The first-order valence-electron chi connectivity index (χ1n) is 9.23. The molecule has 4 aromatic rings. The molecule has 0 fully saturated rings. The molecule has 2 heterocycles. The Kier molecular flexibility index (Phi) is 5.77. The van der Waals surface area contributed by atoms with Crippen LogP contribution in [0, 0.1) is 0 Å². The first-order valence-corrected chi connectivity index (χ1v) is 9.61. The highest BCUT2D eigenvalue weighted by molar-refractivity contribution is 6.30. The van der Waals surface area contributed by atoms with Gasteiger partial charge in [0.2, 0.25) is 0 Å². The van der Waals surface area contributed by atoms with E-state index < -0.39 is 11.8 Å². The average molecular weight is 437 g/mol. The quantitative estimate of drug-likeness (QED) is 0.404. The molecule has 0 saturated heterocycles. The number of nitrogens with one attached hydrogen (secondary N) is 2. The third-order valence-corrected chi connectivity index (χ3v) is 4.66. The number of amides is 2. The van der Waals surface area contributed by atoms with Crippen LogP contribution in [0.5, 0.6) is 5.75 Å². The molecule has 0 atom stereocenters. The van der Waals surface area contributed by atoms with Gasteiger partial charge in [-0.15, -0.1) is 0 Å². The molecule has 8 heteroatoms. The lowest BCUT2D eigenvalue weighted by atomic mass is 10.2. The Morgan fingerprint density at radius 1 is 0.903 bits per heavy atom. The topological polar surface area (TPSA) is 93.7 Å². The summed E-state index contributed by atoms with van der Waals surface area (Å²) in [6.07, 6.45) is 1.41. The largest absolute Gasteiger partial charge is 0.494 e. The summed E-state index contributed by atoms with van der Waals surface area (Å²) < 4.78 is 16.1. The van der Waals surface area contributed by atoms with Crippen molar-refractivity contribution in [3.63, 3.8) is 0 Å². The van der Waals surface area contributed by atoms with E-state index in [1.165, 1.54) is 13.4 Å². The Hall–Kier alpha value is -3.97. The van der Waals surface area contributed by atoms with Crippen LogP contribution in [-0.2, 0) is 0 Å². The van der Waals surface area contributed by atoms with Crippen LogP contribution in [0.1, 0.15) is 21.1 Å². The minimum absolute atomic E-state index is 0.152. The van der Waals surface area contributed by atoms with Gasteiger partial charge in [-0.2, -0.15) is 0 Å². The third-order valence-electron chi connectivity index (χ3n) is 4.41. The Morgan fingerprint density at radius 2 is 1.68 bits per heavy atom. The molecule has 31 heavy (non-hydrogen) atoms. The van der Waals surface area contributed by atoms with Crippen LogP contribution in [0.3, 0.4) is 0 Å². The third kappa shape index (κ3) is 4.62. The van der Waals surface area contributed by atoms with E-state index in [9.17, 15) is 9.59 Å². The number of hydrogen-bond acceptors (Lipinski definition) is 5. The number of methoxy groups -OCH3 is 1. The van der Waals surface area contributed by atoms with Crippen LogP contribution >= 0.6 is 11.6 Å². The van der Waals surface area contributed by atoms with Crippen LogP contribution in [0.15, 0.2) is 81.8 Å². The standard InChI is InChI=1S/C23H17ClN2O5/c1-29-21-13-16(8-9-17(21)26-22(27)19-3-2-12-30-19)25-23(28)20-11-10-18(31-20)14-4-6-15(24)7-5-14/h2-13H,1H3,(H,25,28)(H,26,27). The molecule has 0 aliphatic carbocycles. The molecule has 0 aliphatic heterocycles. The maximum Gasteiger partial charge on any atom is 0.291 e. The Labute approximate surface area is 182 Å². The number of benzene rings is 2. The zero-order chi connectivity index (χ0) is 21.8. The van der Waals surface area contributed by atoms with E-state index in [0.717, 1.165) is 5.56 Å². The van der Waals surface area contributed by atoms with Crippen molar-refractivity contribution in [2.24, 2.45) is 0 Å². The first kappa shape index (κ1) is 20.3. The van der Waals surface area contributed by atoms with E-state index in [1.807, 2.05) is 12.1 Å². The van der Waals surface area contributed by atoms with Crippen LogP contribution in [0.2, 0.25) is 5.02 Å². The molecular weight excluding hydrogens is 420 g/mol. The predicted molar refractivity (Wildman–Crippen MR) is 117 cm³/mol. The van der Waals surface area contributed by atoms with Crippen molar-refractivity contribution in [3.05, 3.63) is 89.5 Å². The lowest BCUT2D eigenvalue weighted by Gasteiger charge is -2.11. The van der Waals surface area contributed by atoms with Gasteiger partial charge in [-0.25, -0.2) is 0 Å². The second-order valence-corrected chi connectivity index (χ2v) is 6.91. The van der Waals surface area contributed by atoms with E-state index in [0.29, 0.717) is 27.9 Å². The molecule has 0 unspecified atom stereocenters. The van der Waals surface area contributed by atoms with Crippen molar-refractivity contribution in [2.75, 3.05) is 17.7 Å². The van der Waals surface area contributed by atoms with Crippen molar-refractivity contribution in [3.8, 4) is 17.1 Å². The smallest absolute Gasteiger partial charge is 0.291 e. The Balaban J connectivity index is 1.47. The summed E-state index contributed by atoms with van der Waals surface area (Å²) in [7, 11) is 1.47. The van der Waals surface area contributed by atoms with E-state index in [1.54, 1.807) is 54.6 Å². The van der Waals surface area contributed by atoms with Gasteiger partial charge in [0.1, 0.15) is 11.5 Å². The maximum atomic E-state index is 12.6. The normalized spacial score (nSPS) is 10.5.